The van der Waals surface area contributed by atoms with E-state index in [0.29, 0.717) is 5.02 Å². The molecule has 0 saturated heterocycles. The van der Waals surface area contributed by atoms with Crippen LogP contribution >= 0.6 is 23.4 Å². The molecule has 3 rings (SSSR count). The monoisotopic (exact) mass is 353 g/mol. The lowest BCUT2D eigenvalue weighted by Crippen LogP contribution is -2.61. The van der Waals surface area contributed by atoms with Gasteiger partial charge in [-0.05, 0) is 17.2 Å². The molecule has 2 aliphatic rings. The summed E-state index contributed by atoms with van der Waals surface area (Å²) in [6.45, 7) is 0. The number of rotatable bonds is 1. The Bertz CT molecular complexity index is 841. The number of thioether (sulfide) groups is 1. The summed E-state index contributed by atoms with van der Waals surface area (Å²) in [6.07, 6.45) is 2.02. The van der Waals surface area contributed by atoms with Crippen molar-refractivity contribution in [2.24, 2.45) is 17.3 Å². The summed E-state index contributed by atoms with van der Waals surface area (Å²) < 4.78 is 0. The minimum atomic E-state index is -1.56. The maximum absolute atomic E-state index is 9.89. The van der Waals surface area contributed by atoms with Crippen molar-refractivity contribution in [3.8, 4) is 18.2 Å². The zero-order chi connectivity index (χ0) is 17.3. The van der Waals surface area contributed by atoms with Crippen molar-refractivity contribution in [2.75, 3.05) is 11.5 Å². The van der Waals surface area contributed by atoms with Crippen LogP contribution in [-0.2, 0) is 0 Å². The molecule has 6 heteroatoms. The average Bonchev–Trinajstić information content (AvgIpc) is 2.62. The lowest BCUT2D eigenvalue weighted by atomic mass is 9.55. The van der Waals surface area contributed by atoms with Crippen molar-refractivity contribution >= 4 is 29.1 Å². The summed E-state index contributed by atoms with van der Waals surface area (Å²) in [6, 6.07) is 13.7. The van der Waals surface area contributed by atoms with E-state index in [2.05, 4.69) is 18.2 Å². The van der Waals surface area contributed by atoms with Gasteiger partial charge in [-0.15, -0.1) is 0 Å². The average molecular weight is 354 g/mol. The molecule has 24 heavy (non-hydrogen) atoms. The van der Waals surface area contributed by atoms with Gasteiger partial charge < -0.3 is 0 Å². The number of benzene rings is 1. The van der Waals surface area contributed by atoms with Gasteiger partial charge in [0, 0.05) is 28.4 Å². The lowest BCUT2D eigenvalue weighted by molar-refractivity contribution is -0.128. The number of nitriles is 3. The minimum absolute atomic E-state index is 0.111. The highest BCUT2D eigenvalue weighted by molar-refractivity contribution is 7.99. The molecule has 0 unspecified atom stereocenters. The fourth-order valence-corrected chi connectivity index (χ4v) is 5.06. The van der Waals surface area contributed by atoms with Crippen LogP contribution in [0.25, 0.3) is 0 Å². The van der Waals surface area contributed by atoms with E-state index in [0.717, 1.165) is 22.6 Å². The fourth-order valence-electron chi connectivity index (χ4n) is 3.72. The summed E-state index contributed by atoms with van der Waals surface area (Å²) in [4.78, 5) is 0. The number of halogens is 1. The van der Waals surface area contributed by atoms with Crippen LogP contribution in [-0.4, -0.2) is 17.2 Å². The Labute approximate surface area is 149 Å². The molecule has 0 aromatic heterocycles. The van der Waals surface area contributed by atoms with Crippen LogP contribution in [0.4, 0.5) is 0 Å². The maximum atomic E-state index is 9.89. The number of nitrogens with zero attached hydrogens (tertiary/aromatic N) is 3. The fraction of sp³-hybridized carbons (Fsp3) is 0.333. The quantitative estimate of drug-likeness (QED) is 0.782. The molecule has 3 atom stereocenters. The first kappa shape index (κ1) is 16.6. The third kappa shape index (κ3) is 2.23. The molecule has 1 fully saturated rings. The van der Waals surface area contributed by atoms with Crippen LogP contribution in [0.3, 0.4) is 0 Å². The van der Waals surface area contributed by atoms with Gasteiger partial charge in [0.25, 0.3) is 0 Å². The Morgan fingerprint density at radius 3 is 2.54 bits per heavy atom. The summed E-state index contributed by atoms with van der Waals surface area (Å²) >= 11 is 8.11. The van der Waals surface area contributed by atoms with Crippen LogP contribution in [0.15, 0.2) is 35.9 Å². The Kier molecular flexibility index (Phi) is 4.37. The van der Waals surface area contributed by atoms with Gasteiger partial charge in [0.05, 0.1) is 18.2 Å². The van der Waals surface area contributed by atoms with Crippen molar-refractivity contribution in [3.05, 3.63) is 46.5 Å². The van der Waals surface area contributed by atoms with Crippen molar-refractivity contribution in [1.29, 1.82) is 15.8 Å². The number of fused-ring (bicyclic) bond motifs is 1. The molecular weight excluding hydrogens is 340 g/mol. The molecule has 1 saturated carbocycles. The van der Waals surface area contributed by atoms with Gasteiger partial charge >= 0.3 is 0 Å². The third-order valence-electron chi connectivity index (χ3n) is 4.85. The molecular formula is C18H14ClN4S+. The van der Waals surface area contributed by atoms with Gasteiger partial charge in [-0.25, -0.2) is 0 Å². The van der Waals surface area contributed by atoms with Crippen molar-refractivity contribution in [2.45, 2.75) is 5.92 Å². The molecule has 2 N–H and O–H groups in total. The molecule has 118 valence electrons. The highest BCUT2D eigenvalue weighted by Gasteiger charge is 2.60. The van der Waals surface area contributed by atoms with Crippen molar-refractivity contribution in [3.63, 3.8) is 0 Å². The number of hydrogen-bond donors (Lipinski definition) is 1. The second-order valence-electron chi connectivity index (χ2n) is 5.90. The lowest BCUT2D eigenvalue weighted by Gasteiger charge is -2.43. The third-order valence-corrected chi connectivity index (χ3v) is 6.19. The Morgan fingerprint density at radius 2 is 1.92 bits per heavy atom. The van der Waals surface area contributed by atoms with E-state index in [9.17, 15) is 15.8 Å². The van der Waals surface area contributed by atoms with Crippen LogP contribution < -0.4 is 5.41 Å². The number of nitrogens with two attached hydrogens (primary N) is 1. The van der Waals surface area contributed by atoms with Crippen LogP contribution in [0, 0.1) is 51.2 Å². The van der Waals surface area contributed by atoms with Gasteiger partial charge in [-0.3, -0.25) is 5.41 Å². The van der Waals surface area contributed by atoms with Crippen LogP contribution in [0.1, 0.15) is 11.5 Å². The SMILES string of the molecule is N#C[C@H]1C(=[NH2+])C(C#N)(C#N)[C@@H](c2ccccc2Cl)[C@H]2CSCC=C12. The summed E-state index contributed by atoms with van der Waals surface area (Å²) in [7, 11) is 0. The van der Waals surface area contributed by atoms with Gasteiger partial charge in [0.1, 0.15) is 5.92 Å². The largest absolute Gasteiger partial charge is 0.258 e. The smallest absolute Gasteiger partial charge is 0.231 e. The highest BCUT2D eigenvalue weighted by atomic mass is 35.5. The molecule has 0 radical (unpaired) electrons. The minimum Gasteiger partial charge on any atom is -0.258 e. The van der Waals surface area contributed by atoms with Crippen molar-refractivity contribution < 1.29 is 5.41 Å². The first-order valence-corrected chi connectivity index (χ1v) is 9.01. The maximum Gasteiger partial charge on any atom is 0.231 e. The van der Waals surface area contributed by atoms with E-state index in [4.69, 9.17) is 17.0 Å². The first-order chi connectivity index (χ1) is 11.6. The first-order valence-electron chi connectivity index (χ1n) is 7.47. The van der Waals surface area contributed by atoms with Gasteiger partial charge in [0.2, 0.25) is 11.1 Å². The topological polar surface area (TPSA) is 97.0 Å². The summed E-state index contributed by atoms with van der Waals surface area (Å²) in [5, 5.41) is 36.1. The molecule has 0 amide bonds. The molecule has 1 aromatic carbocycles. The van der Waals surface area contributed by atoms with E-state index in [1.165, 1.54) is 0 Å². The zero-order valence-corrected chi connectivity index (χ0v) is 14.3. The van der Waals surface area contributed by atoms with Gasteiger partial charge in [0.15, 0.2) is 0 Å². The zero-order valence-electron chi connectivity index (χ0n) is 12.7. The standard InChI is InChI=1S/C18H13ClN4S/c19-15-4-2-1-3-12(15)16-14-8-24-6-5-11(14)13(7-20)17(23)18(16,9-21)10-22/h1-5,13-14,16,23H,6,8H2/p+1/t13-,14+,16+/m1/s1. The molecule has 0 bridgehead atoms. The number of allylic oxidation sites excluding steroid dienone is 1. The molecule has 1 heterocycles. The van der Waals surface area contributed by atoms with E-state index in [-0.39, 0.29) is 11.6 Å². The normalized spacial score (nSPS) is 27.8. The van der Waals surface area contributed by atoms with Crippen molar-refractivity contribution in [1.82, 2.24) is 0 Å². The Morgan fingerprint density at radius 1 is 1.21 bits per heavy atom. The van der Waals surface area contributed by atoms with E-state index >= 15 is 0 Å². The van der Waals surface area contributed by atoms with Gasteiger partial charge in [-0.2, -0.15) is 27.5 Å². The second kappa shape index (κ2) is 6.33. The molecule has 4 nitrogen and oxygen atoms in total. The van der Waals surface area contributed by atoms with Gasteiger partial charge in [-0.1, -0.05) is 35.9 Å². The highest BCUT2D eigenvalue weighted by Crippen LogP contribution is 2.54. The van der Waals surface area contributed by atoms with E-state index < -0.39 is 17.3 Å². The molecule has 1 aromatic rings. The van der Waals surface area contributed by atoms with Crippen LogP contribution in [0.2, 0.25) is 5.02 Å². The molecule has 1 aliphatic carbocycles. The Hall–Kier alpha value is -2.26. The predicted octanol–water partition coefficient (Wildman–Crippen LogP) is 2.10. The second-order valence-corrected chi connectivity index (χ2v) is 7.38. The van der Waals surface area contributed by atoms with E-state index in [1.54, 1.807) is 17.8 Å². The summed E-state index contributed by atoms with van der Waals surface area (Å²) in [5.41, 5.74) is 0.208. The molecule has 0 spiro atoms. The summed E-state index contributed by atoms with van der Waals surface area (Å²) in [5.74, 6) is 0.246. The molecule has 1 aliphatic heterocycles. The van der Waals surface area contributed by atoms with E-state index in [1.807, 2.05) is 24.3 Å². The van der Waals surface area contributed by atoms with Crippen LogP contribution in [0.5, 0.6) is 0 Å². The number of hydrogen-bond acceptors (Lipinski definition) is 4. The predicted molar refractivity (Wildman–Crippen MR) is 92.8 cm³/mol. The Balaban J connectivity index is 2.29.